The summed E-state index contributed by atoms with van der Waals surface area (Å²) in [5.41, 5.74) is 3.86. The molecule has 0 bridgehead atoms. The Hall–Kier alpha value is -2.10. The van der Waals surface area contributed by atoms with Crippen LogP contribution in [0.1, 0.15) is 55.2 Å². The number of nitrogens with zero attached hydrogens (tertiary/aromatic N) is 2. The van der Waals surface area contributed by atoms with Crippen LogP contribution in [0.2, 0.25) is 0 Å². The number of carbonyl (C=O) groups excluding carboxylic acids is 1. The zero-order valence-electron chi connectivity index (χ0n) is 13.1. The number of imidazole rings is 1. The van der Waals surface area contributed by atoms with E-state index in [1.807, 2.05) is 35.7 Å². The predicted octanol–water partition coefficient (Wildman–Crippen LogP) is 3.52. The number of amides is 1. The second kappa shape index (κ2) is 6.77. The van der Waals surface area contributed by atoms with Crippen LogP contribution in [0.4, 0.5) is 0 Å². The van der Waals surface area contributed by atoms with Crippen molar-refractivity contribution < 1.29 is 4.79 Å². The molecule has 1 aliphatic rings. The lowest BCUT2D eigenvalue weighted by Gasteiger charge is -2.13. The van der Waals surface area contributed by atoms with Gasteiger partial charge in [-0.1, -0.05) is 24.6 Å². The molecule has 2 heterocycles. The van der Waals surface area contributed by atoms with Crippen molar-refractivity contribution in [2.45, 2.75) is 45.4 Å². The van der Waals surface area contributed by atoms with E-state index >= 15 is 0 Å². The van der Waals surface area contributed by atoms with Crippen molar-refractivity contribution in [3.8, 4) is 0 Å². The first-order chi connectivity index (χ1) is 10.8. The number of fused-ring (bicyclic) bond motifs is 1. The third-order valence-electron chi connectivity index (χ3n) is 4.27. The number of hydrogen-bond acceptors (Lipinski definition) is 2. The number of aromatic nitrogens is 2. The van der Waals surface area contributed by atoms with E-state index in [1.54, 1.807) is 0 Å². The largest absolute Gasteiger partial charge is 0.350 e. The second-order valence-electron chi connectivity index (χ2n) is 5.80. The van der Waals surface area contributed by atoms with Gasteiger partial charge >= 0.3 is 0 Å². The summed E-state index contributed by atoms with van der Waals surface area (Å²) in [5, 5.41) is 3.06. The van der Waals surface area contributed by atoms with Crippen LogP contribution in [0.25, 0.3) is 5.65 Å². The molecule has 1 aliphatic carbocycles. The molecule has 0 atom stereocenters. The number of rotatable bonds is 5. The number of allylic oxidation sites excluding steroid dienone is 1. The molecule has 2 aromatic heterocycles. The van der Waals surface area contributed by atoms with Crippen LogP contribution in [0.15, 0.2) is 36.0 Å². The minimum atomic E-state index is -0.0213. The topological polar surface area (TPSA) is 46.4 Å². The summed E-state index contributed by atoms with van der Waals surface area (Å²) < 4.78 is 1.88. The van der Waals surface area contributed by atoms with Gasteiger partial charge in [0.25, 0.3) is 5.91 Å². The van der Waals surface area contributed by atoms with Crippen LogP contribution in [0.3, 0.4) is 0 Å². The Balaban J connectivity index is 1.70. The van der Waals surface area contributed by atoms with Crippen molar-refractivity contribution in [1.29, 1.82) is 0 Å². The van der Waals surface area contributed by atoms with Crippen molar-refractivity contribution in [3.63, 3.8) is 0 Å². The summed E-state index contributed by atoms with van der Waals surface area (Å²) in [4.78, 5) is 17.1. The van der Waals surface area contributed by atoms with Gasteiger partial charge in [0.1, 0.15) is 11.3 Å². The number of nitrogens with one attached hydrogen (secondary N) is 1. The van der Waals surface area contributed by atoms with Gasteiger partial charge in [-0.15, -0.1) is 0 Å². The van der Waals surface area contributed by atoms with Gasteiger partial charge in [0.05, 0.1) is 5.69 Å². The maximum Gasteiger partial charge on any atom is 0.270 e. The molecular formula is C18H23N3O. The fraction of sp³-hybridized carbons (Fsp3) is 0.444. The average Bonchev–Trinajstić information content (AvgIpc) is 2.94. The molecular weight excluding hydrogens is 274 g/mol. The van der Waals surface area contributed by atoms with Gasteiger partial charge in [-0.3, -0.25) is 9.20 Å². The van der Waals surface area contributed by atoms with E-state index in [1.165, 1.54) is 31.3 Å². The first-order valence-corrected chi connectivity index (χ1v) is 8.21. The zero-order chi connectivity index (χ0) is 15.4. The minimum absolute atomic E-state index is 0.0213. The second-order valence-corrected chi connectivity index (χ2v) is 5.80. The van der Waals surface area contributed by atoms with Crippen LogP contribution in [-0.2, 0) is 6.42 Å². The lowest BCUT2D eigenvalue weighted by Crippen LogP contribution is -2.27. The van der Waals surface area contributed by atoms with E-state index < -0.39 is 0 Å². The summed E-state index contributed by atoms with van der Waals surface area (Å²) in [5.74, 6) is -0.0213. The quantitative estimate of drug-likeness (QED) is 0.858. The summed E-state index contributed by atoms with van der Waals surface area (Å²) >= 11 is 0. The molecule has 0 aromatic carbocycles. The van der Waals surface area contributed by atoms with Gasteiger partial charge in [0.15, 0.2) is 0 Å². The van der Waals surface area contributed by atoms with E-state index in [2.05, 4.69) is 16.4 Å². The molecule has 0 saturated heterocycles. The fourth-order valence-electron chi connectivity index (χ4n) is 3.08. The number of carbonyl (C=O) groups is 1. The number of aryl methyl sites for hydroxylation is 1. The lowest BCUT2D eigenvalue weighted by molar-refractivity contribution is 0.0947. The van der Waals surface area contributed by atoms with Crippen LogP contribution < -0.4 is 5.32 Å². The molecule has 22 heavy (non-hydrogen) atoms. The smallest absolute Gasteiger partial charge is 0.270 e. The summed E-state index contributed by atoms with van der Waals surface area (Å²) in [6, 6.07) is 5.81. The Morgan fingerprint density at radius 3 is 3.05 bits per heavy atom. The molecule has 0 saturated carbocycles. The normalized spacial score (nSPS) is 14.9. The van der Waals surface area contributed by atoms with E-state index in [0.717, 1.165) is 24.2 Å². The van der Waals surface area contributed by atoms with E-state index in [9.17, 15) is 4.79 Å². The highest BCUT2D eigenvalue weighted by Gasteiger charge is 2.17. The fourth-order valence-corrected chi connectivity index (χ4v) is 3.08. The number of hydrogen-bond donors (Lipinski definition) is 1. The molecule has 4 nitrogen and oxygen atoms in total. The van der Waals surface area contributed by atoms with Crippen molar-refractivity contribution in [3.05, 3.63) is 47.4 Å². The van der Waals surface area contributed by atoms with Gasteiger partial charge in [0, 0.05) is 12.7 Å². The number of pyridine rings is 1. The first kappa shape index (κ1) is 14.8. The van der Waals surface area contributed by atoms with E-state index in [0.29, 0.717) is 12.2 Å². The molecule has 0 radical (unpaired) electrons. The van der Waals surface area contributed by atoms with Crippen molar-refractivity contribution >= 4 is 11.6 Å². The Labute approximate surface area is 131 Å². The SMILES string of the molecule is CCc1nc2ccccn2c1C(=O)NCCC1=CCCCC1. The van der Waals surface area contributed by atoms with Crippen LogP contribution in [0, 0.1) is 0 Å². The Morgan fingerprint density at radius 1 is 1.36 bits per heavy atom. The molecule has 0 fully saturated rings. The standard InChI is InChI=1S/C18H23N3O/c1-2-15-17(21-13-7-6-10-16(21)20-15)18(22)19-12-11-14-8-4-3-5-9-14/h6-8,10,13H,2-5,9,11-12H2,1H3,(H,19,22). The Kier molecular flexibility index (Phi) is 4.56. The first-order valence-electron chi connectivity index (χ1n) is 8.21. The third kappa shape index (κ3) is 3.06. The van der Waals surface area contributed by atoms with E-state index in [-0.39, 0.29) is 5.91 Å². The van der Waals surface area contributed by atoms with Crippen molar-refractivity contribution in [2.75, 3.05) is 6.54 Å². The summed E-state index contributed by atoms with van der Waals surface area (Å²) in [6.45, 7) is 2.74. The van der Waals surface area contributed by atoms with Gasteiger partial charge < -0.3 is 5.32 Å². The van der Waals surface area contributed by atoms with Gasteiger partial charge in [0.2, 0.25) is 0 Å². The summed E-state index contributed by atoms with van der Waals surface area (Å²) in [7, 11) is 0. The Morgan fingerprint density at radius 2 is 2.27 bits per heavy atom. The lowest BCUT2D eigenvalue weighted by atomic mass is 9.97. The van der Waals surface area contributed by atoms with Crippen LogP contribution >= 0.6 is 0 Å². The molecule has 116 valence electrons. The molecule has 0 aliphatic heterocycles. The molecule has 4 heteroatoms. The predicted molar refractivity (Wildman–Crippen MR) is 88.1 cm³/mol. The monoisotopic (exact) mass is 297 g/mol. The summed E-state index contributed by atoms with van der Waals surface area (Å²) in [6.07, 6.45) is 10.9. The molecule has 0 unspecified atom stereocenters. The Bertz CT molecular complexity index is 699. The highest BCUT2D eigenvalue weighted by atomic mass is 16.1. The molecule has 1 N–H and O–H groups in total. The molecule has 3 rings (SSSR count). The van der Waals surface area contributed by atoms with E-state index in [4.69, 9.17) is 0 Å². The molecule has 2 aromatic rings. The molecule has 1 amide bonds. The van der Waals surface area contributed by atoms with Crippen LogP contribution in [0.5, 0.6) is 0 Å². The van der Waals surface area contributed by atoms with Crippen LogP contribution in [-0.4, -0.2) is 21.8 Å². The highest BCUT2D eigenvalue weighted by molar-refractivity contribution is 5.94. The highest BCUT2D eigenvalue weighted by Crippen LogP contribution is 2.19. The minimum Gasteiger partial charge on any atom is -0.350 e. The average molecular weight is 297 g/mol. The maximum atomic E-state index is 12.5. The molecule has 0 spiro atoms. The third-order valence-corrected chi connectivity index (χ3v) is 4.27. The van der Waals surface area contributed by atoms with Gasteiger partial charge in [-0.2, -0.15) is 0 Å². The maximum absolute atomic E-state index is 12.5. The van der Waals surface area contributed by atoms with Crippen molar-refractivity contribution in [2.24, 2.45) is 0 Å². The van der Waals surface area contributed by atoms with Crippen molar-refractivity contribution in [1.82, 2.24) is 14.7 Å². The van der Waals surface area contributed by atoms with Gasteiger partial charge in [-0.05, 0) is 50.7 Å². The zero-order valence-corrected chi connectivity index (χ0v) is 13.1. The van der Waals surface area contributed by atoms with Gasteiger partial charge in [-0.25, -0.2) is 4.98 Å².